The SMILES string of the molecule is Cc1cc(N(c2ccc(C(C)(C)C)cc2)c2ccc(C(C)(C)C)cc2)c(Cl)c(N(c2ccc(S(c3ccccc3)(c3ccccc3)c3ccccc3)cc2)c2ccccc2-c2ccccc2)c1. The molecule has 334 valence electrons. The molecule has 0 radical (unpaired) electrons. The van der Waals surface area contributed by atoms with Gasteiger partial charge in [0, 0.05) is 42.2 Å². The highest BCUT2D eigenvalue weighted by atomic mass is 35.5. The van der Waals surface area contributed by atoms with Crippen molar-refractivity contribution in [2.75, 3.05) is 9.80 Å². The molecule has 0 atom stereocenters. The predicted molar refractivity (Wildman–Crippen MR) is 288 cm³/mol. The zero-order valence-corrected chi connectivity index (χ0v) is 41.2. The minimum atomic E-state index is -1.90. The zero-order valence-electron chi connectivity index (χ0n) is 39.6. The van der Waals surface area contributed by atoms with Crippen LogP contribution in [0, 0.1) is 6.92 Å². The number of hydrogen-bond donors (Lipinski definition) is 0. The van der Waals surface area contributed by atoms with Gasteiger partial charge in [0.05, 0.1) is 22.1 Å². The third-order valence-electron chi connectivity index (χ3n) is 12.6. The van der Waals surface area contributed by atoms with Crippen molar-refractivity contribution in [2.24, 2.45) is 0 Å². The monoisotopic (exact) mass is 910 g/mol. The smallest absolute Gasteiger partial charge is 0.0887 e. The Labute approximate surface area is 405 Å². The van der Waals surface area contributed by atoms with Crippen LogP contribution in [-0.2, 0) is 10.8 Å². The molecule has 2 nitrogen and oxygen atoms in total. The van der Waals surface area contributed by atoms with E-state index in [1.165, 1.54) is 30.7 Å². The van der Waals surface area contributed by atoms with Gasteiger partial charge >= 0.3 is 0 Å². The standard InChI is InChI=1S/C63H59ClN2S/c1-46-44-59(65(50-36-32-48(33-37-50)62(2,3)4)51-38-34-49(35-39-51)63(5,6)7)61(64)60(45-46)66(58-31-21-20-30-57(58)47-22-12-8-13-23-47)52-40-42-56(43-41-52)67(53-24-14-9-15-25-53,54-26-16-10-17-27-54)55-28-18-11-19-29-55/h8-45H,1-7H3. The molecule has 9 rings (SSSR count). The van der Waals surface area contributed by atoms with E-state index in [0.29, 0.717) is 5.02 Å². The molecular weight excluding hydrogens is 852 g/mol. The van der Waals surface area contributed by atoms with Gasteiger partial charge in [-0.05, 0) is 143 Å². The molecule has 0 aliphatic carbocycles. The largest absolute Gasteiger partial charge is 0.309 e. The highest BCUT2D eigenvalue weighted by molar-refractivity contribution is 8.34. The molecule has 9 aromatic rings. The van der Waals surface area contributed by atoms with Gasteiger partial charge < -0.3 is 9.80 Å². The number of rotatable bonds is 11. The van der Waals surface area contributed by atoms with Crippen LogP contribution in [-0.4, -0.2) is 0 Å². The van der Waals surface area contributed by atoms with Crippen molar-refractivity contribution >= 4 is 55.8 Å². The summed E-state index contributed by atoms with van der Waals surface area (Å²) in [4.78, 5) is 9.77. The molecule has 0 saturated heterocycles. The van der Waals surface area contributed by atoms with Crippen LogP contribution in [0.3, 0.4) is 0 Å². The Kier molecular flexibility index (Phi) is 12.8. The lowest BCUT2D eigenvalue weighted by Gasteiger charge is -2.42. The van der Waals surface area contributed by atoms with E-state index in [1.54, 1.807) is 0 Å². The first-order chi connectivity index (χ1) is 32.3. The number of para-hydroxylation sites is 1. The highest BCUT2D eigenvalue weighted by Gasteiger charge is 2.34. The number of anilines is 6. The average molecular weight is 912 g/mol. The average Bonchev–Trinajstić information content (AvgIpc) is 3.35. The molecule has 0 aliphatic heterocycles. The molecular formula is C63H59ClN2S. The Balaban J connectivity index is 1.28. The summed E-state index contributed by atoms with van der Waals surface area (Å²) >= 11 is 8.04. The van der Waals surface area contributed by atoms with Crippen LogP contribution in [0.2, 0.25) is 5.02 Å². The third kappa shape index (κ3) is 9.07. The maximum Gasteiger partial charge on any atom is 0.0887 e. The van der Waals surface area contributed by atoms with Crippen molar-refractivity contribution in [3.05, 3.63) is 252 Å². The normalized spacial score (nSPS) is 12.1. The fourth-order valence-corrected chi connectivity index (χ4v) is 13.3. The maximum absolute atomic E-state index is 8.04. The van der Waals surface area contributed by atoms with E-state index < -0.39 is 10.0 Å². The predicted octanol–water partition coefficient (Wildman–Crippen LogP) is 19.2. The van der Waals surface area contributed by atoms with Crippen molar-refractivity contribution in [2.45, 2.75) is 78.9 Å². The van der Waals surface area contributed by atoms with Gasteiger partial charge in [-0.15, -0.1) is 10.0 Å². The molecule has 0 fully saturated rings. The molecule has 0 aromatic heterocycles. The summed E-state index contributed by atoms with van der Waals surface area (Å²) in [6.07, 6.45) is 0. The van der Waals surface area contributed by atoms with E-state index in [0.717, 1.165) is 50.8 Å². The second-order valence-electron chi connectivity index (χ2n) is 19.3. The van der Waals surface area contributed by atoms with Crippen LogP contribution in [0.4, 0.5) is 34.1 Å². The number of nitrogens with zero attached hydrogens (tertiary/aromatic N) is 2. The van der Waals surface area contributed by atoms with Crippen LogP contribution in [0.25, 0.3) is 11.1 Å². The molecule has 0 N–H and O–H groups in total. The fourth-order valence-electron chi connectivity index (χ4n) is 9.13. The van der Waals surface area contributed by atoms with Crippen molar-refractivity contribution in [3.63, 3.8) is 0 Å². The summed E-state index contributed by atoms with van der Waals surface area (Å²) in [5, 5.41) is 0.648. The first kappa shape index (κ1) is 45.4. The van der Waals surface area contributed by atoms with Gasteiger partial charge in [-0.25, -0.2) is 0 Å². The summed E-state index contributed by atoms with van der Waals surface area (Å²) < 4.78 is 0. The highest BCUT2D eigenvalue weighted by Crippen LogP contribution is 2.73. The first-order valence-electron chi connectivity index (χ1n) is 23.2. The van der Waals surface area contributed by atoms with E-state index in [2.05, 4.69) is 289 Å². The van der Waals surface area contributed by atoms with Crippen LogP contribution in [0.5, 0.6) is 0 Å². The number of halogens is 1. The molecule has 0 spiro atoms. The van der Waals surface area contributed by atoms with Crippen LogP contribution in [0.1, 0.15) is 58.2 Å². The van der Waals surface area contributed by atoms with E-state index >= 15 is 0 Å². The number of aryl methyl sites for hydroxylation is 1. The lowest BCUT2D eigenvalue weighted by atomic mass is 9.86. The fraction of sp³-hybridized carbons (Fsp3) is 0.143. The molecule has 0 unspecified atom stereocenters. The Morgan fingerprint density at radius 2 is 0.701 bits per heavy atom. The quantitative estimate of drug-likeness (QED) is 0.128. The van der Waals surface area contributed by atoms with Gasteiger partial charge in [0.15, 0.2) is 0 Å². The van der Waals surface area contributed by atoms with Crippen molar-refractivity contribution in [1.29, 1.82) is 0 Å². The molecule has 4 heteroatoms. The van der Waals surface area contributed by atoms with E-state index in [9.17, 15) is 0 Å². The number of hydrogen-bond acceptors (Lipinski definition) is 2. The van der Waals surface area contributed by atoms with Gasteiger partial charge in [-0.3, -0.25) is 0 Å². The van der Waals surface area contributed by atoms with E-state index in [-0.39, 0.29) is 10.8 Å². The van der Waals surface area contributed by atoms with Crippen molar-refractivity contribution < 1.29 is 0 Å². The second kappa shape index (κ2) is 18.8. The summed E-state index contributed by atoms with van der Waals surface area (Å²) in [5.41, 5.74) is 11.8. The Morgan fingerprint density at radius 3 is 1.13 bits per heavy atom. The Bertz CT molecular complexity index is 2910. The summed E-state index contributed by atoms with van der Waals surface area (Å²) in [6.45, 7) is 15.7. The van der Waals surface area contributed by atoms with Gasteiger partial charge in [-0.1, -0.05) is 181 Å². The van der Waals surface area contributed by atoms with E-state index in [1.807, 2.05) is 0 Å². The minimum absolute atomic E-state index is 0.0124. The summed E-state index contributed by atoms with van der Waals surface area (Å²) in [5.74, 6) is 0. The summed E-state index contributed by atoms with van der Waals surface area (Å²) in [7, 11) is -1.90. The van der Waals surface area contributed by atoms with Gasteiger partial charge in [0.25, 0.3) is 0 Å². The van der Waals surface area contributed by atoms with Crippen molar-refractivity contribution in [1.82, 2.24) is 0 Å². The summed E-state index contributed by atoms with van der Waals surface area (Å²) in [6, 6.07) is 84.1. The number of benzene rings is 9. The lowest BCUT2D eigenvalue weighted by Crippen LogP contribution is -2.17. The van der Waals surface area contributed by atoms with Gasteiger partial charge in [0.1, 0.15) is 0 Å². The van der Waals surface area contributed by atoms with Gasteiger partial charge in [0.2, 0.25) is 0 Å². The first-order valence-corrected chi connectivity index (χ1v) is 25.2. The molecule has 0 bridgehead atoms. The molecule has 0 aliphatic rings. The van der Waals surface area contributed by atoms with E-state index in [4.69, 9.17) is 11.6 Å². The third-order valence-corrected chi connectivity index (χ3v) is 16.9. The zero-order chi connectivity index (χ0) is 46.8. The second-order valence-corrected chi connectivity index (χ2v) is 22.8. The van der Waals surface area contributed by atoms with Crippen molar-refractivity contribution in [3.8, 4) is 11.1 Å². The molecule has 0 heterocycles. The molecule has 67 heavy (non-hydrogen) atoms. The van der Waals surface area contributed by atoms with Crippen LogP contribution < -0.4 is 9.80 Å². The molecule has 9 aromatic carbocycles. The molecule has 0 amide bonds. The Hall–Kier alpha value is -6.78. The minimum Gasteiger partial charge on any atom is -0.309 e. The topological polar surface area (TPSA) is 6.48 Å². The van der Waals surface area contributed by atoms with Gasteiger partial charge in [-0.2, -0.15) is 0 Å². The Morgan fingerprint density at radius 1 is 0.358 bits per heavy atom. The van der Waals surface area contributed by atoms with Crippen LogP contribution >= 0.6 is 21.6 Å². The lowest BCUT2D eigenvalue weighted by molar-refractivity contribution is 0.590. The van der Waals surface area contributed by atoms with Crippen LogP contribution in [0.15, 0.2) is 250 Å². The molecule has 0 saturated carbocycles. The maximum atomic E-state index is 8.04.